The van der Waals surface area contributed by atoms with E-state index in [-0.39, 0.29) is 23.8 Å². The van der Waals surface area contributed by atoms with Gasteiger partial charge in [0.2, 0.25) is 0 Å². The molecule has 3 aromatic rings. The summed E-state index contributed by atoms with van der Waals surface area (Å²) in [6.07, 6.45) is 5.17. The highest BCUT2D eigenvalue weighted by molar-refractivity contribution is 7.15. The van der Waals surface area contributed by atoms with Gasteiger partial charge in [0.1, 0.15) is 16.9 Å². The van der Waals surface area contributed by atoms with Gasteiger partial charge in [0.05, 0.1) is 29.2 Å². The molecule has 2 aliphatic rings. The lowest BCUT2D eigenvalue weighted by atomic mass is 9.85. The average molecular weight is 410 g/mol. The minimum absolute atomic E-state index is 0.0539. The van der Waals surface area contributed by atoms with Gasteiger partial charge in [-0.1, -0.05) is 30.1 Å². The van der Waals surface area contributed by atoms with Crippen molar-refractivity contribution in [1.82, 2.24) is 30.5 Å². The largest absolute Gasteiger partial charge is 0.507 e. The van der Waals surface area contributed by atoms with Crippen molar-refractivity contribution in [3.05, 3.63) is 53.8 Å². The van der Waals surface area contributed by atoms with Crippen LogP contribution in [0.25, 0.3) is 21.8 Å². The van der Waals surface area contributed by atoms with Crippen molar-refractivity contribution in [2.75, 3.05) is 0 Å². The Kier molecular flexibility index (Phi) is 4.29. The fourth-order valence-electron chi connectivity index (χ4n) is 3.85. The van der Waals surface area contributed by atoms with E-state index in [1.54, 1.807) is 24.4 Å². The van der Waals surface area contributed by atoms with Crippen LogP contribution in [0.3, 0.4) is 0 Å². The molecule has 0 amide bonds. The van der Waals surface area contributed by atoms with Crippen molar-refractivity contribution in [3.63, 3.8) is 0 Å². The van der Waals surface area contributed by atoms with Crippen LogP contribution in [0.15, 0.2) is 43.1 Å². The van der Waals surface area contributed by atoms with E-state index in [1.807, 2.05) is 19.1 Å². The van der Waals surface area contributed by atoms with Gasteiger partial charge in [0.15, 0.2) is 5.01 Å². The number of aromatic hydroxyl groups is 1. The van der Waals surface area contributed by atoms with Gasteiger partial charge in [-0.25, -0.2) is 4.39 Å². The van der Waals surface area contributed by atoms with Gasteiger partial charge in [-0.3, -0.25) is 0 Å². The maximum Gasteiger partial charge on any atom is 0.151 e. The summed E-state index contributed by atoms with van der Waals surface area (Å²) in [5.41, 5.74) is 2.65. The van der Waals surface area contributed by atoms with Gasteiger partial charge in [-0.2, -0.15) is 15.0 Å². The molecule has 4 atom stereocenters. The molecule has 4 heterocycles. The van der Waals surface area contributed by atoms with Crippen molar-refractivity contribution in [2.45, 2.75) is 31.6 Å². The van der Waals surface area contributed by atoms with Crippen molar-refractivity contribution >= 4 is 16.9 Å². The second-order valence-corrected chi connectivity index (χ2v) is 8.36. The third-order valence-corrected chi connectivity index (χ3v) is 6.42. The SMILES string of the molecule is C=C(c1nnc(-c2ccc(-n3ncc(C)n3)cc2O)s1)[C@H]1CC2C=CC(N2)[C@@H]1F. The minimum Gasteiger partial charge on any atom is -0.507 e. The van der Waals surface area contributed by atoms with Crippen LogP contribution in [0.4, 0.5) is 4.39 Å². The number of aromatic nitrogens is 5. The Morgan fingerprint density at radius 1 is 1.34 bits per heavy atom. The number of hydrogen-bond donors (Lipinski definition) is 2. The molecule has 0 radical (unpaired) electrons. The molecule has 7 nitrogen and oxygen atoms in total. The number of halogens is 1. The summed E-state index contributed by atoms with van der Waals surface area (Å²) in [5.74, 6) is -0.245. The van der Waals surface area contributed by atoms with E-state index in [0.717, 1.165) is 5.69 Å². The van der Waals surface area contributed by atoms with Gasteiger partial charge >= 0.3 is 0 Å². The highest BCUT2D eigenvalue weighted by atomic mass is 32.1. The molecule has 2 bridgehead atoms. The fraction of sp³-hybridized carbons (Fsp3) is 0.300. The molecule has 9 heteroatoms. The first-order valence-electron chi connectivity index (χ1n) is 9.33. The normalized spacial score (nSPS) is 25.4. The molecular formula is C20H19FN6OS. The van der Waals surface area contributed by atoms with Crippen LogP contribution in [0.2, 0.25) is 0 Å². The van der Waals surface area contributed by atoms with E-state index in [9.17, 15) is 9.50 Å². The van der Waals surface area contributed by atoms with Gasteiger partial charge in [-0.05, 0) is 31.1 Å². The molecule has 0 spiro atoms. The summed E-state index contributed by atoms with van der Waals surface area (Å²) in [7, 11) is 0. The molecule has 2 aliphatic heterocycles. The van der Waals surface area contributed by atoms with Gasteiger partial charge in [0.25, 0.3) is 0 Å². The second kappa shape index (κ2) is 6.85. The topological polar surface area (TPSA) is 88.8 Å². The Morgan fingerprint density at radius 2 is 2.21 bits per heavy atom. The predicted molar refractivity (Wildman–Crippen MR) is 109 cm³/mol. The first-order valence-corrected chi connectivity index (χ1v) is 10.1. The molecule has 0 saturated carbocycles. The summed E-state index contributed by atoms with van der Waals surface area (Å²) in [4.78, 5) is 1.45. The lowest BCUT2D eigenvalue weighted by molar-refractivity contribution is 0.179. The maximum absolute atomic E-state index is 14.8. The molecule has 2 unspecified atom stereocenters. The molecule has 1 saturated heterocycles. The van der Waals surface area contributed by atoms with Crippen molar-refractivity contribution in [2.24, 2.45) is 5.92 Å². The molecule has 5 rings (SSSR count). The van der Waals surface area contributed by atoms with Gasteiger partial charge < -0.3 is 10.4 Å². The van der Waals surface area contributed by atoms with E-state index < -0.39 is 6.17 Å². The van der Waals surface area contributed by atoms with Crippen molar-refractivity contribution < 1.29 is 9.50 Å². The van der Waals surface area contributed by atoms with E-state index >= 15 is 0 Å². The number of piperidine rings is 1. The van der Waals surface area contributed by atoms with E-state index in [4.69, 9.17) is 0 Å². The summed E-state index contributed by atoms with van der Waals surface area (Å²) < 4.78 is 14.8. The number of phenolic OH excluding ortho intramolecular Hbond substituents is 1. The molecular weight excluding hydrogens is 391 g/mol. The molecule has 148 valence electrons. The van der Waals surface area contributed by atoms with Crippen LogP contribution in [-0.2, 0) is 0 Å². The van der Waals surface area contributed by atoms with Crippen molar-refractivity contribution in [1.29, 1.82) is 0 Å². The lowest BCUT2D eigenvalue weighted by Gasteiger charge is -2.33. The minimum atomic E-state index is -1.04. The molecule has 0 aliphatic carbocycles. The number of rotatable bonds is 4. The first-order chi connectivity index (χ1) is 14.0. The zero-order valence-corrected chi connectivity index (χ0v) is 16.5. The number of aryl methyl sites for hydroxylation is 1. The van der Waals surface area contributed by atoms with Crippen LogP contribution < -0.4 is 5.32 Å². The van der Waals surface area contributed by atoms with Crippen LogP contribution >= 0.6 is 11.3 Å². The summed E-state index contributed by atoms with van der Waals surface area (Å²) >= 11 is 1.31. The van der Waals surface area contributed by atoms with E-state index in [0.29, 0.717) is 33.3 Å². The number of benzene rings is 1. The van der Waals surface area contributed by atoms with Gasteiger partial charge in [-0.15, -0.1) is 10.2 Å². The highest BCUT2D eigenvalue weighted by Crippen LogP contribution is 2.40. The highest BCUT2D eigenvalue weighted by Gasteiger charge is 2.41. The van der Waals surface area contributed by atoms with Crippen LogP contribution in [0.1, 0.15) is 17.1 Å². The number of fused-ring (bicyclic) bond motifs is 2. The summed E-state index contributed by atoms with van der Waals surface area (Å²) in [5, 5.41) is 31.7. The monoisotopic (exact) mass is 410 g/mol. The zero-order chi connectivity index (χ0) is 20.1. The molecule has 1 fully saturated rings. The van der Waals surface area contributed by atoms with Gasteiger partial charge in [0, 0.05) is 18.0 Å². The van der Waals surface area contributed by atoms with Crippen LogP contribution in [0.5, 0.6) is 5.75 Å². The van der Waals surface area contributed by atoms with E-state index in [2.05, 4.69) is 32.3 Å². The second-order valence-electron chi connectivity index (χ2n) is 7.38. The third kappa shape index (κ3) is 3.16. The van der Waals surface area contributed by atoms with Crippen molar-refractivity contribution in [3.8, 4) is 22.0 Å². The molecule has 1 aromatic carbocycles. The number of nitrogens with zero attached hydrogens (tertiary/aromatic N) is 5. The quantitative estimate of drug-likeness (QED) is 0.643. The Labute approximate surface area is 170 Å². The Bertz CT molecular complexity index is 1120. The number of hydrogen-bond acceptors (Lipinski definition) is 7. The average Bonchev–Trinajstić information content (AvgIpc) is 3.44. The maximum atomic E-state index is 14.8. The fourth-order valence-corrected chi connectivity index (χ4v) is 4.77. The van der Waals surface area contributed by atoms with Crippen LogP contribution in [0, 0.1) is 12.8 Å². The standard InChI is InChI=1S/C20H19FN6OS/c1-10-9-22-27(26-10)13-4-5-14(17(28)8-13)20-25-24-19(29-20)11(2)15-7-12-3-6-16(23-12)18(15)21/h3-6,8-9,12,15-16,18,23,28H,2,7H2,1H3/t12?,15-,16?,18-/m1/s1. The predicted octanol–water partition coefficient (Wildman–Crippen LogP) is 3.07. The first kappa shape index (κ1) is 18.1. The number of phenols is 1. The number of alkyl halides is 1. The smallest absolute Gasteiger partial charge is 0.151 e. The zero-order valence-electron chi connectivity index (χ0n) is 15.7. The molecule has 29 heavy (non-hydrogen) atoms. The Balaban J connectivity index is 1.39. The third-order valence-electron chi connectivity index (χ3n) is 5.39. The summed E-state index contributed by atoms with van der Waals surface area (Å²) in [6.45, 7) is 5.96. The Hall–Kier alpha value is -2.91. The number of allylic oxidation sites excluding steroid dienone is 1. The molecule has 2 N–H and O–H groups in total. The lowest BCUT2D eigenvalue weighted by Crippen LogP contribution is -2.47. The molecule has 2 aromatic heterocycles. The van der Waals surface area contributed by atoms with E-state index in [1.165, 1.54) is 16.1 Å². The summed E-state index contributed by atoms with van der Waals surface area (Å²) in [6, 6.07) is 5.05. The number of nitrogens with one attached hydrogen (secondary N) is 1. The van der Waals surface area contributed by atoms with Crippen LogP contribution in [-0.4, -0.2) is 48.6 Å². The Morgan fingerprint density at radius 3 is 2.97 bits per heavy atom.